The molecule has 1 fully saturated rings. The minimum absolute atomic E-state index is 0.0594. The normalized spacial score (nSPS) is 23.4. The molecule has 0 spiro atoms. The number of hydrogen-bond acceptors (Lipinski definition) is 2. The van der Waals surface area contributed by atoms with Crippen molar-refractivity contribution in [1.29, 1.82) is 0 Å². The van der Waals surface area contributed by atoms with E-state index in [2.05, 4.69) is 19.2 Å². The Morgan fingerprint density at radius 2 is 1.93 bits per heavy atom. The fraction of sp³-hybridized carbons (Fsp3) is 1.00. The molecule has 1 rings (SSSR count). The minimum atomic E-state index is 0.0594. The van der Waals surface area contributed by atoms with Crippen molar-refractivity contribution in [3.63, 3.8) is 0 Å². The molecule has 1 N–H and O–H groups in total. The standard InChI is InChI=1S/C12H25NO/c1-4-14-12(2,10-13-3)11-8-6-5-7-9-11/h11,13H,4-10H2,1-3H3. The monoisotopic (exact) mass is 199 g/mol. The van der Waals surface area contributed by atoms with Crippen molar-refractivity contribution in [2.45, 2.75) is 51.6 Å². The average molecular weight is 199 g/mol. The van der Waals surface area contributed by atoms with Gasteiger partial charge in [0.05, 0.1) is 5.60 Å². The second-order valence-electron chi connectivity index (χ2n) is 4.61. The van der Waals surface area contributed by atoms with E-state index in [-0.39, 0.29) is 5.60 Å². The first-order valence-electron chi connectivity index (χ1n) is 6.01. The molecule has 1 saturated carbocycles. The number of nitrogens with one attached hydrogen (secondary N) is 1. The molecule has 1 aliphatic carbocycles. The first-order chi connectivity index (χ1) is 6.73. The highest BCUT2D eigenvalue weighted by molar-refractivity contribution is 4.87. The number of likely N-dealkylation sites (N-methyl/N-ethyl adjacent to an activating group) is 1. The fourth-order valence-corrected chi connectivity index (χ4v) is 2.71. The molecule has 0 aromatic rings. The third kappa shape index (κ3) is 2.96. The molecular weight excluding hydrogens is 174 g/mol. The van der Waals surface area contributed by atoms with E-state index in [1.807, 2.05) is 7.05 Å². The Morgan fingerprint density at radius 1 is 1.29 bits per heavy atom. The van der Waals surface area contributed by atoms with Crippen LogP contribution in [-0.2, 0) is 4.74 Å². The molecule has 1 unspecified atom stereocenters. The van der Waals surface area contributed by atoms with Gasteiger partial charge in [-0.25, -0.2) is 0 Å². The number of ether oxygens (including phenoxy) is 1. The van der Waals surface area contributed by atoms with Crippen LogP contribution in [0.4, 0.5) is 0 Å². The molecule has 1 atom stereocenters. The van der Waals surface area contributed by atoms with Crippen LogP contribution in [0.15, 0.2) is 0 Å². The lowest BCUT2D eigenvalue weighted by atomic mass is 9.77. The highest BCUT2D eigenvalue weighted by Gasteiger charge is 2.34. The molecule has 0 saturated heterocycles. The quantitative estimate of drug-likeness (QED) is 0.735. The van der Waals surface area contributed by atoms with Gasteiger partial charge >= 0.3 is 0 Å². The van der Waals surface area contributed by atoms with Crippen molar-refractivity contribution in [1.82, 2.24) is 5.32 Å². The van der Waals surface area contributed by atoms with E-state index < -0.39 is 0 Å². The Bertz CT molecular complexity index is 146. The summed E-state index contributed by atoms with van der Waals surface area (Å²) in [4.78, 5) is 0. The van der Waals surface area contributed by atoms with Gasteiger partial charge in [-0.1, -0.05) is 19.3 Å². The third-order valence-electron chi connectivity index (χ3n) is 3.47. The van der Waals surface area contributed by atoms with Gasteiger partial charge in [0.25, 0.3) is 0 Å². The van der Waals surface area contributed by atoms with E-state index >= 15 is 0 Å². The van der Waals surface area contributed by atoms with Gasteiger partial charge in [0.15, 0.2) is 0 Å². The van der Waals surface area contributed by atoms with Gasteiger partial charge in [-0.15, -0.1) is 0 Å². The Balaban J connectivity index is 2.54. The van der Waals surface area contributed by atoms with Gasteiger partial charge in [0.2, 0.25) is 0 Å². The summed E-state index contributed by atoms with van der Waals surface area (Å²) in [5, 5.41) is 3.27. The van der Waals surface area contributed by atoms with E-state index in [1.54, 1.807) is 0 Å². The Labute approximate surface area is 88.4 Å². The molecule has 0 aromatic carbocycles. The van der Waals surface area contributed by atoms with Gasteiger partial charge in [-0.3, -0.25) is 0 Å². The van der Waals surface area contributed by atoms with Gasteiger partial charge in [0, 0.05) is 13.2 Å². The molecule has 0 heterocycles. The molecule has 14 heavy (non-hydrogen) atoms. The van der Waals surface area contributed by atoms with E-state index in [1.165, 1.54) is 32.1 Å². The Kier molecular flexibility index (Phi) is 4.90. The van der Waals surface area contributed by atoms with Gasteiger partial charge in [-0.2, -0.15) is 0 Å². The fourth-order valence-electron chi connectivity index (χ4n) is 2.71. The number of hydrogen-bond donors (Lipinski definition) is 1. The van der Waals surface area contributed by atoms with Crippen LogP contribution in [0, 0.1) is 5.92 Å². The van der Waals surface area contributed by atoms with Crippen molar-refractivity contribution in [3.8, 4) is 0 Å². The second-order valence-corrected chi connectivity index (χ2v) is 4.61. The van der Waals surface area contributed by atoms with Crippen LogP contribution in [0.1, 0.15) is 46.0 Å². The minimum Gasteiger partial charge on any atom is -0.374 e. The summed E-state index contributed by atoms with van der Waals surface area (Å²) in [6.07, 6.45) is 6.88. The average Bonchev–Trinajstić information content (AvgIpc) is 2.20. The van der Waals surface area contributed by atoms with Crippen LogP contribution in [0.3, 0.4) is 0 Å². The van der Waals surface area contributed by atoms with E-state index in [9.17, 15) is 0 Å². The van der Waals surface area contributed by atoms with Crippen LogP contribution in [0.5, 0.6) is 0 Å². The third-order valence-corrected chi connectivity index (χ3v) is 3.47. The van der Waals surface area contributed by atoms with Gasteiger partial charge in [-0.05, 0) is 39.7 Å². The maximum atomic E-state index is 5.95. The van der Waals surface area contributed by atoms with Crippen molar-refractivity contribution < 1.29 is 4.74 Å². The molecule has 2 heteroatoms. The smallest absolute Gasteiger partial charge is 0.0805 e. The zero-order valence-corrected chi connectivity index (χ0v) is 9.94. The molecular formula is C12H25NO. The largest absolute Gasteiger partial charge is 0.374 e. The summed E-state index contributed by atoms with van der Waals surface area (Å²) in [5.41, 5.74) is 0.0594. The summed E-state index contributed by atoms with van der Waals surface area (Å²) >= 11 is 0. The summed E-state index contributed by atoms with van der Waals surface area (Å²) in [6.45, 7) is 6.17. The molecule has 0 bridgehead atoms. The highest BCUT2D eigenvalue weighted by atomic mass is 16.5. The van der Waals surface area contributed by atoms with Crippen molar-refractivity contribution in [2.24, 2.45) is 5.92 Å². The SMILES string of the molecule is CCOC(C)(CNC)C1CCCCC1. The highest BCUT2D eigenvalue weighted by Crippen LogP contribution is 2.34. The molecule has 0 aliphatic heterocycles. The zero-order valence-electron chi connectivity index (χ0n) is 9.94. The molecule has 0 radical (unpaired) electrons. The number of rotatable bonds is 5. The molecule has 0 amide bonds. The van der Waals surface area contributed by atoms with Crippen LogP contribution in [-0.4, -0.2) is 25.8 Å². The summed E-state index contributed by atoms with van der Waals surface area (Å²) in [6, 6.07) is 0. The van der Waals surface area contributed by atoms with Gasteiger partial charge < -0.3 is 10.1 Å². The Morgan fingerprint density at radius 3 is 2.43 bits per heavy atom. The first-order valence-corrected chi connectivity index (χ1v) is 6.01. The van der Waals surface area contributed by atoms with E-state index in [0.717, 1.165) is 19.1 Å². The summed E-state index contributed by atoms with van der Waals surface area (Å²) in [5.74, 6) is 0.753. The summed E-state index contributed by atoms with van der Waals surface area (Å²) < 4.78 is 5.95. The molecule has 1 aliphatic rings. The maximum absolute atomic E-state index is 5.95. The van der Waals surface area contributed by atoms with Crippen LogP contribution in [0.25, 0.3) is 0 Å². The summed E-state index contributed by atoms with van der Waals surface area (Å²) in [7, 11) is 2.01. The van der Waals surface area contributed by atoms with Crippen LogP contribution >= 0.6 is 0 Å². The van der Waals surface area contributed by atoms with Crippen LogP contribution in [0.2, 0.25) is 0 Å². The lowest BCUT2D eigenvalue weighted by Gasteiger charge is -2.39. The van der Waals surface area contributed by atoms with E-state index in [4.69, 9.17) is 4.74 Å². The van der Waals surface area contributed by atoms with Crippen molar-refractivity contribution in [3.05, 3.63) is 0 Å². The van der Waals surface area contributed by atoms with Crippen LogP contribution < -0.4 is 5.32 Å². The topological polar surface area (TPSA) is 21.3 Å². The molecule has 2 nitrogen and oxygen atoms in total. The molecule has 0 aromatic heterocycles. The lowest BCUT2D eigenvalue weighted by Crippen LogP contribution is -2.46. The maximum Gasteiger partial charge on any atom is 0.0805 e. The predicted molar refractivity (Wildman–Crippen MR) is 60.5 cm³/mol. The zero-order chi connectivity index (χ0) is 10.4. The Hall–Kier alpha value is -0.0800. The first kappa shape index (κ1) is 12.0. The van der Waals surface area contributed by atoms with E-state index in [0.29, 0.717) is 0 Å². The van der Waals surface area contributed by atoms with Gasteiger partial charge in [0.1, 0.15) is 0 Å². The van der Waals surface area contributed by atoms with Crippen molar-refractivity contribution >= 4 is 0 Å². The lowest BCUT2D eigenvalue weighted by molar-refractivity contribution is -0.0756. The van der Waals surface area contributed by atoms with Crippen molar-refractivity contribution in [2.75, 3.05) is 20.2 Å². The predicted octanol–water partition coefficient (Wildman–Crippen LogP) is 2.58. The second kappa shape index (κ2) is 5.72. The molecule has 84 valence electrons.